The third kappa shape index (κ3) is 4.10. The first kappa shape index (κ1) is 18.5. The van der Waals surface area contributed by atoms with E-state index in [1.54, 1.807) is 23.1 Å². The second-order valence-electron chi connectivity index (χ2n) is 7.05. The average molecular weight is 358 g/mol. The summed E-state index contributed by atoms with van der Waals surface area (Å²) in [7, 11) is 3.85. The van der Waals surface area contributed by atoms with Gasteiger partial charge in [0, 0.05) is 25.4 Å². The Labute approximate surface area is 153 Å². The molecule has 5 heteroatoms. The Balaban J connectivity index is 1.97. The van der Waals surface area contributed by atoms with Crippen LogP contribution in [0.3, 0.4) is 0 Å². The van der Waals surface area contributed by atoms with E-state index in [1.807, 2.05) is 19.0 Å². The van der Waals surface area contributed by atoms with Crippen molar-refractivity contribution >= 4 is 11.6 Å². The number of hydrogen-bond donors (Lipinski definition) is 0. The molecule has 0 N–H and O–H groups in total. The number of hydrogen-bond acceptors (Lipinski definition) is 2. The average Bonchev–Trinajstić information content (AvgIpc) is 2.79. The summed E-state index contributed by atoms with van der Waals surface area (Å²) in [5, 5.41) is 0. The smallest absolute Gasteiger partial charge is 0.228 e. The minimum atomic E-state index is -0.353. The van der Waals surface area contributed by atoms with E-state index in [4.69, 9.17) is 0 Å². The number of rotatable bonds is 4. The van der Waals surface area contributed by atoms with Crippen LogP contribution in [0, 0.1) is 11.6 Å². The van der Waals surface area contributed by atoms with Gasteiger partial charge in [0.2, 0.25) is 5.91 Å². The van der Waals surface area contributed by atoms with Crippen molar-refractivity contribution in [2.75, 3.05) is 32.1 Å². The van der Waals surface area contributed by atoms with Gasteiger partial charge in [0.25, 0.3) is 0 Å². The Kier molecular flexibility index (Phi) is 5.67. The van der Waals surface area contributed by atoms with Crippen molar-refractivity contribution < 1.29 is 13.6 Å². The number of amides is 1. The lowest BCUT2D eigenvalue weighted by atomic mass is 9.87. The van der Waals surface area contributed by atoms with Crippen LogP contribution in [0.25, 0.3) is 0 Å². The Morgan fingerprint density at radius 2 is 1.81 bits per heavy atom. The fourth-order valence-corrected chi connectivity index (χ4v) is 3.53. The third-order valence-corrected chi connectivity index (χ3v) is 4.88. The van der Waals surface area contributed by atoms with Gasteiger partial charge in [0.05, 0.1) is 5.69 Å². The molecule has 1 aliphatic heterocycles. The molecular formula is C21H24F2N2O. The molecule has 2 aromatic carbocycles. The van der Waals surface area contributed by atoms with Gasteiger partial charge >= 0.3 is 0 Å². The van der Waals surface area contributed by atoms with Gasteiger partial charge in [-0.3, -0.25) is 4.79 Å². The van der Waals surface area contributed by atoms with Crippen molar-refractivity contribution in [1.82, 2.24) is 4.90 Å². The lowest BCUT2D eigenvalue weighted by Gasteiger charge is -2.25. The first-order valence-electron chi connectivity index (χ1n) is 8.95. The number of nitrogens with zero attached hydrogens (tertiary/aromatic N) is 2. The molecule has 1 unspecified atom stereocenters. The molecule has 0 saturated carbocycles. The fourth-order valence-electron chi connectivity index (χ4n) is 3.53. The van der Waals surface area contributed by atoms with Crippen molar-refractivity contribution in [2.45, 2.75) is 25.2 Å². The SMILES string of the molecule is CN(C)CCC(=O)N1CCCC(c2ccc(F)cc2)c2ccc(F)cc21. The van der Waals surface area contributed by atoms with Gasteiger partial charge in [0.15, 0.2) is 0 Å². The van der Waals surface area contributed by atoms with E-state index < -0.39 is 0 Å². The lowest BCUT2D eigenvalue weighted by molar-refractivity contribution is -0.118. The van der Waals surface area contributed by atoms with Crippen LogP contribution in [0.4, 0.5) is 14.5 Å². The Hall–Kier alpha value is -2.27. The van der Waals surface area contributed by atoms with Crippen LogP contribution in [0.2, 0.25) is 0 Å². The Morgan fingerprint density at radius 1 is 1.12 bits per heavy atom. The molecule has 3 rings (SSSR count). The summed E-state index contributed by atoms with van der Waals surface area (Å²) < 4.78 is 27.3. The molecule has 1 atom stereocenters. The highest BCUT2D eigenvalue weighted by molar-refractivity contribution is 5.94. The van der Waals surface area contributed by atoms with Crippen molar-refractivity contribution in [3.8, 4) is 0 Å². The van der Waals surface area contributed by atoms with Gasteiger partial charge in [-0.05, 0) is 62.3 Å². The standard InChI is InChI=1S/C21H24F2N2O/c1-24(2)13-11-21(26)25-12-3-4-18(15-5-7-16(22)8-6-15)19-10-9-17(23)14-20(19)25/h5-10,14,18H,3-4,11-13H2,1-2H3. The van der Waals surface area contributed by atoms with Crippen LogP contribution >= 0.6 is 0 Å². The van der Waals surface area contributed by atoms with Crippen LogP contribution in [-0.2, 0) is 4.79 Å². The van der Waals surface area contributed by atoms with Crippen molar-refractivity contribution in [2.24, 2.45) is 0 Å². The second-order valence-corrected chi connectivity index (χ2v) is 7.05. The van der Waals surface area contributed by atoms with E-state index in [0.717, 1.165) is 24.0 Å². The molecule has 0 fully saturated rings. The van der Waals surface area contributed by atoms with E-state index in [9.17, 15) is 13.6 Å². The minimum Gasteiger partial charge on any atom is -0.312 e. The van der Waals surface area contributed by atoms with Crippen molar-refractivity contribution in [3.05, 3.63) is 65.2 Å². The highest BCUT2D eigenvalue weighted by Gasteiger charge is 2.27. The van der Waals surface area contributed by atoms with Gasteiger partial charge in [-0.25, -0.2) is 8.78 Å². The molecule has 3 nitrogen and oxygen atoms in total. The van der Waals surface area contributed by atoms with Gasteiger partial charge < -0.3 is 9.80 Å². The molecule has 138 valence electrons. The number of fused-ring (bicyclic) bond motifs is 1. The topological polar surface area (TPSA) is 23.6 Å². The predicted octanol–water partition coefficient (Wildman–Crippen LogP) is 4.18. The van der Waals surface area contributed by atoms with Gasteiger partial charge in [0.1, 0.15) is 11.6 Å². The molecule has 26 heavy (non-hydrogen) atoms. The first-order chi connectivity index (χ1) is 12.5. The quantitative estimate of drug-likeness (QED) is 0.819. The van der Waals surface area contributed by atoms with Crippen molar-refractivity contribution in [3.63, 3.8) is 0 Å². The van der Waals surface area contributed by atoms with E-state index in [2.05, 4.69) is 0 Å². The third-order valence-electron chi connectivity index (χ3n) is 4.88. The van der Waals surface area contributed by atoms with E-state index in [-0.39, 0.29) is 23.5 Å². The second kappa shape index (κ2) is 7.96. The molecule has 1 aliphatic rings. The molecule has 1 heterocycles. The molecular weight excluding hydrogens is 334 g/mol. The largest absolute Gasteiger partial charge is 0.312 e. The van der Waals surface area contributed by atoms with E-state index >= 15 is 0 Å². The molecule has 0 bridgehead atoms. The molecule has 0 spiro atoms. The zero-order valence-electron chi connectivity index (χ0n) is 15.2. The van der Waals surface area contributed by atoms with Crippen LogP contribution in [0.1, 0.15) is 36.3 Å². The highest BCUT2D eigenvalue weighted by atomic mass is 19.1. The fraction of sp³-hybridized carbons (Fsp3) is 0.381. The summed E-state index contributed by atoms with van der Waals surface area (Å²) in [5.41, 5.74) is 2.55. The van der Waals surface area contributed by atoms with Crippen LogP contribution in [0.5, 0.6) is 0 Å². The molecule has 0 saturated heterocycles. The maximum Gasteiger partial charge on any atom is 0.228 e. The number of benzene rings is 2. The normalized spacial score (nSPS) is 17.1. The summed E-state index contributed by atoms with van der Waals surface area (Å²) in [6, 6.07) is 11.1. The summed E-state index contributed by atoms with van der Waals surface area (Å²) >= 11 is 0. The zero-order chi connectivity index (χ0) is 18.7. The van der Waals surface area contributed by atoms with Crippen molar-refractivity contribution in [1.29, 1.82) is 0 Å². The molecule has 1 amide bonds. The van der Waals surface area contributed by atoms with Gasteiger partial charge in [-0.2, -0.15) is 0 Å². The summed E-state index contributed by atoms with van der Waals surface area (Å²) in [6.07, 6.45) is 2.04. The molecule has 2 aromatic rings. The molecule has 0 radical (unpaired) electrons. The Morgan fingerprint density at radius 3 is 2.50 bits per heavy atom. The van der Waals surface area contributed by atoms with E-state index in [1.165, 1.54) is 24.3 Å². The monoisotopic (exact) mass is 358 g/mol. The first-order valence-corrected chi connectivity index (χ1v) is 8.95. The van der Waals surface area contributed by atoms with Crippen LogP contribution in [-0.4, -0.2) is 38.0 Å². The lowest BCUT2D eigenvalue weighted by Crippen LogP contribution is -2.34. The highest BCUT2D eigenvalue weighted by Crippen LogP contribution is 2.39. The molecule has 0 aliphatic carbocycles. The number of anilines is 1. The maximum atomic E-state index is 14.0. The number of carbonyl (C=O) groups is 1. The maximum absolute atomic E-state index is 14.0. The summed E-state index contributed by atoms with van der Waals surface area (Å²) in [5.74, 6) is -0.598. The van der Waals surface area contributed by atoms with Gasteiger partial charge in [-0.15, -0.1) is 0 Å². The predicted molar refractivity (Wildman–Crippen MR) is 99.4 cm³/mol. The number of halogens is 2. The number of carbonyl (C=O) groups excluding carboxylic acids is 1. The van der Waals surface area contributed by atoms with Crippen LogP contribution in [0.15, 0.2) is 42.5 Å². The summed E-state index contributed by atoms with van der Waals surface area (Å²) in [4.78, 5) is 16.4. The van der Waals surface area contributed by atoms with E-state index in [0.29, 0.717) is 25.2 Å². The van der Waals surface area contributed by atoms with Crippen LogP contribution < -0.4 is 4.90 Å². The Bertz CT molecular complexity index is 774. The summed E-state index contributed by atoms with van der Waals surface area (Å²) in [6.45, 7) is 1.22. The zero-order valence-corrected chi connectivity index (χ0v) is 15.2. The van der Waals surface area contributed by atoms with Gasteiger partial charge in [-0.1, -0.05) is 18.2 Å². The minimum absolute atomic E-state index is 0.00491. The molecule has 0 aromatic heterocycles.